The Labute approximate surface area is 182 Å². The second kappa shape index (κ2) is 8.72. The summed E-state index contributed by atoms with van der Waals surface area (Å²) < 4.78 is 3.67. The van der Waals surface area contributed by atoms with Crippen LogP contribution in [0.1, 0.15) is 23.4 Å². The molecule has 4 heterocycles. The molecule has 8 nitrogen and oxygen atoms in total. The van der Waals surface area contributed by atoms with Gasteiger partial charge in [0.1, 0.15) is 0 Å². The van der Waals surface area contributed by atoms with Crippen LogP contribution in [0.3, 0.4) is 0 Å². The highest BCUT2D eigenvalue weighted by Crippen LogP contribution is 2.25. The highest BCUT2D eigenvalue weighted by atomic mass is 16.1. The molecule has 0 bridgehead atoms. The Bertz CT molecular complexity index is 1100. The third-order valence-electron chi connectivity index (χ3n) is 6.51. The largest absolute Gasteiger partial charge is 0.299 e. The van der Waals surface area contributed by atoms with Crippen molar-refractivity contribution in [1.82, 2.24) is 34.3 Å². The number of rotatable bonds is 6. The molecule has 2 aliphatic rings. The van der Waals surface area contributed by atoms with Gasteiger partial charge in [0.15, 0.2) is 0 Å². The summed E-state index contributed by atoms with van der Waals surface area (Å²) in [6, 6.07) is 7.21. The molecule has 1 saturated heterocycles. The molecule has 0 radical (unpaired) electrons. The number of pyridine rings is 1. The van der Waals surface area contributed by atoms with Crippen LogP contribution in [0.5, 0.6) is 0 Å². The van der Waals surface area contributed by atoms with Crippen LogP contribution in [0.2, 0.25) is 0 Å². The van der Waals surface area contributed by atoms with Crippen molar-refractivity contribution in [3.05, 3.63) is 64.0 Å². The summed E-state index contributed by atoms with van der Waals surface area (Å²) in [5.74, 6) is 0. The highest BCUT2D eigenvalue weighted by Gasteiger charge is 2.24. The van der Waals surface area contributed by atoms with Gasteiger partial charge in [-0.05, 0) is 43.0 Å². The van der Waals surface area contributed by atoms with Gasteiger partial charge in [-0.25, -0.2) is 4.68 Å². The Kier molecular flexibility index (Phi) is 5.65. The number of hydrogen-bond acceptors (Lipinski definition) is 6. The zero-order chi connectivity index (χ0) is 21.2. The van der Waals surface area contributed by atoms with E-state index in [-0.39, 0.29) is 5.56 Å². The standard InChI is InChI=1S/C23H29N7O/c1-27-22(19-3-2-4-21(19)25-27)17-29-13-11-28(12-14-29)15-16-30-23(31)6-5-20(26-30)18-7-9-24-10-8-18/h5-10H,2-4,11-17H2,1H3. The number of nitrogens with zero attached hydrogens (tertiary/aromatic N) is 7. The van der Waals surface area contributed by atoms with Crippen molar-refractivity contribution in [2.45, 2.75) is 32.4 Å². The van der Waals surface area contributed by atoms with Gasteiger partial charge in [-0.1, -0.05) is 0 Å². The minimum atomic E-state index is -0.0542. The minimum absolute atomic E-state index is 0.0542. The Morgan fingerprint density at radius 1 is 0.903 bits per heavy atom. The zero-order valence-electron chi connectivity index (χ0n) is 18.1. The quantitative estimate of drug-likeness (QED) is 0.601. The van der Waals surface area contributed by atoms with E-state index in [1.165, 1.54) is 29.8 Å². The zero-order valence-corrected chi connectivity index (χ0v) is 18.1. The van der Waals surface area contributed by atoms with Crippen LogP contribution in [0, 0.1) is 0 Å². The third-order valence-corrected chi connectivity index (χ3v) is 6.51. The average molecular weight is 420 g/mol. The molecule has 8 heteroatoms. The van der Waals surface area contributed by atoms with Crippen molar-refractivity contribution in [2.24, 2.45) is 7.05 Å². The van der Waals surface area contributed by atoms with Gasteiger partial charge in [0.2, 0.25) is 0 Å². The molecule has 162 valence electrons. The first-order valence-electron chi connectivity index (χ1n) is 11.1. The summed E-state index contributed by atoms with van der Waals surface area (Å²) in [6.07, 6.45) is 7.04. The van der Waals surface area contributed by atoms with E-state index >= 15 is 0 Å². The second-order valence-corrected chi connectivity index (χ2v) is 8.48. The summed E-state index contributed by atoms with van der Waals surface area (Å²) in [4.78, 5) is 21.3. The average Bonchev–Trinajstić information content (AvgIpc) is 3.36. The third kappa shape index (κ3) is 4.31. The predicted molar refractivity (Wildman–Crippen MR) is 119 cm³/mol. The van der Waals surface area contributed by atoms with Crippen molar-refractivity contribution in [2.75, 3.05) is 32.7 Å². The Balaban J connectivity index is 1.16. The van der Waals surface area contributed by atoms with Crippen LogP contribution >= 0.6 is 0 Å². The lowest BCUT2D eigenvalue weighted by atomic mass is 10.2. The fourth-order valence-corrected chi connectivity index (χ4v) is 4.69. The van der Waals surface area contributed by atoms with Gasteiger partial charge in [0.05, 0.1) is 23.6 Å². The topological polar surface area (TPSA) is 72.1 Å². The molecule has 31 heavy (non-hydrogen) atoms. The molecule has 0 amide bonds. The predicted octanol–water partition coefficient (Wildman–Crippen LogP) is 1.35. The summed E-state index contributed by atoms with van der Waals surface area (Å²) >= 11 is 0. The minimum Gasteiger partial charge on any atom is -0.299 e. The molecule has 0 atom stereocenters. The maximum Gasteiger partial charge on any atom is 0.266 e. The summed E-state index contributed by atoms with van der Waals surface area (Å²) in [5.41, 5.74) is 5.91. The first-order valence-corrected chi connectivity index (χ1v) is 11.1. The first kappa shape index (κ1) is 20.1. The van der Waals surface area contributed by atoms with Gasteiger partial charge < -0.3 is 0 Å². The fourth-order valence-electron chi connectivity index (χ4n) is 4.69. The highest BCUT2D eigenvalue weighted by molar-refractivity contribution is 5.56. The van der Waals surface area contributed by atoms with E-state index in [1.807, 2.05) is 12.1 Å². The fraction of sp³-hybridized carbons (Fsp3) is 0.478. The summed E-state index contributed by atoms with van der Waals surface area (Å²) in [5, 5.41) is 9.27. The van der Waals surface area contributed by atoms with Gasteiger partial charge in [0.25, 0.3) is 5.56 Å². The molecule has 3 aromatic heterocycles. The van der Waals surface area contributed by atoms with Crippen molar-refractivity contribution in [1.29, 1.82) is 0 Å². The van der Waals surface area contributed by atoms with E-state index in [9.17, 15) is 4.79 Å². The van der Waals surface area contributed by atoms with Crippen LogP contribution < -0.4 is 5.56 Å². The smallest absolute Gasteiger partial charge is 0.266 e. The van der Waals surface area contributed by atoms with E-state index in [1.54, 1.807) is 29.2 Å². The van der Waals surface area contributed by atoms with E-state index in [2.05, 4.69) is 31.6 Å². The number of aromatic nitrogens is 5. The summed E-state index contributed by atoms with van der Waals surface area (Å²) in [7, 11) is 2.08. The lowest BCUT2D eigenvalue weighted by Crippen LogP contribution is -2.47. The lowest BCUT2D eigenvalue weighted by molar-refractivity contribution is 0.120. The summed E-state index contributed by atoms with van der Waals surface area (Å²) in [6.45, 7) is 6.53. The van der Waals surface area contributed by atoms with Crippen LogP contribution in [-0.4, -0.2) is 67.1 Å². The molecule has 1 aliphatic heterocycles. The maximum absolute atomic E-state index is 12.3. The molecule has 0 spiro atoms. The molecule has 1 aliphatic carbocycles. The van der Waals surface area contributed by atoms with Crippen molar-refractivity contribution < 1.29 is 0 Å². The Morgan fingerprint density at radius 2 is 1.68 bits per heavy atom. The molecule has 5 rings (SSSR count). The van der Waals surface area contributed by atoms with E-state index in [0.29, 0.717) is 6.54 Å². The molecule has 0 saturated carbocycles. The SMILES string of the molecule is Cn1nc2c(c1CN1CCN(CCn3nc(-c4ccncc4)ccc3=O)CC1)CCC2. The monoisotopic (exact) mass is 419 g/mol. The van der Waals surface area contributed by atoms with Gasteiger partial charge in [-0.15, -0.1) is 0 Å². The van der Waals surface area contributed by atoms with E-state index in [0.717, 1.165) is 56.9 Å². The molecular formula is C23H29N7O. The maximum atomic E-state index is 12.3. The van der Waals surface area contributed by atoms with Crippen molar-refractivity contribution in [3.8, 4) is 11.3 Å². The van der Waals surface area contributed by atoms with Crippen LogP contribution in [0.4, 0.5) is 0 Å². The van der Waals surface area contributed by atoms with Crippen molar-refractivity contribution >= 4 is 0 Å². The van der Waals surface area contributed by atoms with Crippen LogP contribution in [0.25, 0.3) is 11.3 Å². The van der Waals surface area contributed by atoms with Gasteiger partial charge in [-0.3, -0.25) is 24.3 Å². The van der Waals surface area contributed by atoms with E-state index in [4.69, 9.17) is 5.10 Å². The van der Waals surface area contributed by atoms with Crippen LogP contribution in [-0.2, 0) is 33.0 Å². The number of hydrogen-bond donors (Lipinski definition) is 0. The van der Waals surface area contributed by atoms with Crippen LogP contribution in [0.15, 0.2) is 41.5 Å². The van der Waals surface area contributed by atoms with Gasteiger partial charge in [-0.2, -0.15) is 10.2 Å². The van der Waals surface area contributed by atoms with E-state index < -0.39 is 0 Å². The number of fused-ring (bicyclic) bond motifs is 1. The molecule has 0 unspecified atom stereocenters. The first-order chi connectivity index (χ1) is 15.2. The molecular weight excluding hydrogens is 390 g/mol. The normalized spacial score (nSPS) is 17.2. The molecule has 1 fully saturated rings. The van der Waals surface area contributed by atoms with Gasteiger partial charge >= 0.3 is 0 Å². The number of piperazine rings is 1. The molecule has 0 N–H and O–H groups in total. The van der Waals surface area contributed by atoms with Gasteiger partial charge in [0, 0.05) is 70.3 Å². The second-order valence-electron chi connectivity index (χ2n) is 8.48. The molecule has 3 aromatic rings. The Morgan fingerprint density at radius 3 is 2.48 bits per heavy atom. The number of aryl methyl sites for hydroxylation is 2. The Hall–Kier alpha value is -2.84. The molecule has 0 aromatic carbocycles. The van der Waals surface area contributed by atoms with Crippen molar-refractivity contribution in [3.63, 3.8) is 0 Å². The lowest BCUT2D eigenvalue weighted by Gasteiger charge is -2.34.